The number of epoxide rings is 2. The number of carbonyl (C=O) groups excluding carboxylic acids is 1. The molecule has 0 amide bonds. The van der Waals surface area contributed by atoms with E-state index in [1.165, 1.54) is 0 Å². The van der Waals surface area contributed by atoms with E-state index in [0.29, 0.717) is 12.2 Å². The molecule has 0 saturated carbocycles. The zero-order valence-electron chi connectivity index (χ0n) is 13.4. The molecule has 2 heterocycles. The van der Waals surface area contributed by atoms with Crippen LogP contribution in [0, 0.1) is 0 Å². The van der Waals surface area contributed by atoms with Gasteiger partial charge in [-0.2, -0.15) is 0 Å². The van der Waals surface area contributed by atoms with Crippen LogP contribution < -0.4 is 0 Å². The molecule has 0 radical (unpaired) electrons. The number of fused-ring (bicyclic) bond motifs is 2. The second-order valence-electron chi connectivity index (χ2n) is 6.27. The third kappa shape index (κ3) is 3.73. The van der Waals surface area contributed by atoms with Crippen LogP contribution in [0.1, 0.15) is 27.0 Å². The van der Waals surface area contributed by atoms with Gasteiger partial charge in [-0.05, 0) is 17.5 Å². The summed E-state index contributed by atoms with van der Waals surface area (Å²) in [6.07, 6.45) is 1.66. The van der Waals surface area contributed by atoms with Gasteiger partial charge in [-0.15, -0.1) is 0 Å². The number of rotatable bonds is 4. The Morgan fingerprint density at radius 1 is 0.833 bits per heavy atom. The van der Waals surface area contributed by atoms with E-state index >= 15 is 0 Å². The average Bonchev–Trinajstić information content (AvgIpc) is 3.52. The van der Waals surface area contributed by atoms with Crippen molar-refractivity contribution in [2.45, 2.75) is 18.6 Å². The van der Waals surface area contributed by atoms with E-state index in [4.69, 9.17) is 14.2 Å². The molecule has 1 aliphatic carbocycles. The van der Waals surface area contributed by atoms with Gasteiger partial charge in [0.05, 0.1) is 26.4 Å². The Morgan fingerprint density at radius 2 is 1.29 bits per heavy atom. The molecule has 124 valence electrons. The molecule has 3 aliphatic rings. The van der Waals surface area contributed by atoms with E-state index in [1.807, 2.05) is 48.5 Å². The fourth-order valence-electron chi connectivity index (χ4n) is 2.80. The zero-order chi connectivity index (χ0) is 16.4. The molecule has 0 aromatic heterocycles. The molecule has 4 heteroatoms. The Labute approximate surface area is 141 Å². The minimum Gasteiger partial charge on any atom is -0.376 e. The van der Waals surface area contributed by atoms with Crippen LogP contribution in [0.4, 0.5) is 0 Å². The van der Waals surface area contributed by atoms with Crippen LogP contribution in [-0.2, 0) is 20.6 Å². The predicted octanol–water partition coefficient (Wildman–Crippen LogP) is 2.62. The van der Waals surface area contributed by atoms with E-state index in [9.17, 15) is 4.79 Å². The lowest BCUT2D eigenvalue weighted by Gasteiger charge is -2.17. The highest BCUT2D eigenvalue weighted by atomic mass is 16.6. The van der Waals surface area contributed by atoms with Gasteiger partial charge >= 0.3 is 0 Å². The van der Waals surface area contributed by atoms with Crippen molar-refractivity contribution < 1.29 is 19.0 Å². The summed E-state index contributed by atoms with van der Waals surface area (Å²) < 4.78 is 15.1. The molecule has 5 rings (SSSR count). The van der Waals surface area contributed by atoms with Crippen LogP contribution in [0.5, 0.6) is 0 Å². The first-order valence-electron chi connectivity index (χ1n) is 8.33. The van der Waals surface area contributed by atoms with Crippen molar-refractivity contribution in [3.05, 3.63) is 70.8 Å². The summed E-state index contributed by atoms with van der Waals surface area (Å²) in [4.78, 5) is 12.1. The fraction of sp³-hybridized carbons (Fsp3) is 0.350. The van der Waals surface area contributed by atoms with Crippen LogP contribution >= 0.6 is 0 Å². The third-order valence-corrected chi connectivity index (χ3v) is 4.32. The normalized spacial score (nSPS) is 22.8. The molecular weight excluding hydrogens is 304 g/mol. The topological polar surface area (TPSA) is 51.4 Å². The molecule has 2 atom stereocenters. The van der Waals surface area contributed by atoms with Gasteiger partial charge in [0.1, 0.15) is 12.2 Å². The van der Waals surface area contributed by atoms with Crippen LogP contribution in [0.3, 0.4) is 0 Å². The standard InChI is InChI=1S/C14H10O.C6H10O3/c15-14-12-7-3-1-5-10(12)9-11-6-2-4-8-13(11)14;1(5-3-8-5)7-2-6-4-9-6/h1-8H,9H2;5-6H,1-4H2. The summed E-state index contributed by atoms with van der Waals surface area (Å²) in [6, 6.07) is 15.7. The van der Waals surface area contributed by atoms with Gasteiger partial charge in [-0.3, -0.25) is 4.79 Å². The Kier molecular flexibility index (Phi) is 4.43. The third-order valence-electron chi connectivity index (χ3n) is 4.32. The van der Waals surface area contributed by atoms with Crippen molar-refractivity contribution in [2.75, 3.05) is 26.4 Å². The summed E-state index contributed by atoms with van der Waals surface area (Å²) in [5.74, 6) is 0.160. The molecule has 0 spiro atoms. The van der Waals surface area contributed by atoms with Crippen molar-refractivity contribution in [3.8, 4) is 0 Å². The van der Waals surface area contributed by atoms with Crippen LogP contribution in [0.25, 0.3) is 0 Å². The molecule has 2 aromatic rings. The highest BCUT2D eigenvalue weighted by molar-refractivity contribution is 6.12. The maximum absolute atomic E-state index is 12.1. The highest BCUT2D eigenvalue weighted by Gasteiger charge is 2.26. The lowest BCUT2D eigenvalue weighted by Crippen LogP contribution is -2.14. The fourth-order valence-corrected chi connectivity index (χ4v) is 2.80. The number of hydrogen-bond acceptors (Lipinski definition) is 4. The smallest absolute Gasteiger partial charge is 0.193 e. The van der Waals surface area contributed by atoms with Gasteiger partial charge in [0.2, 0.25) is 0 Å². The maximum atomic E-state index is 12.1. The van der Waals surface area contributed by atoms with Crippen LogP contribution in [-0.4, -0.2) is 44.4 Å². The number of carbonyl (C=O) groups is 1. The van der Waals surface area contributed by atoms with Crippen molar-refractivity contribution in [1.29, 1.82) is 0 Å². The van der Waals surface area contributed by atoms with E-state index in [1.54, 1.807) is 0 Å². The number of ketones is 1. The average molecular weight is 324 g/mol. The molecule has 24 heavy (non-hydrogen) atoms. The van der Waals surface area contributed by atoms with Gasteiger partial charge < -0.3 is 14.2 Å². The first-order chi connectivity index (χ1) is 11.8. The first kappa shape index (κ1) is 15.5. The molecule has 0 N–H and O–H groups in total. The van der Waals surface area contributed by atoms with Gasteiger partial charge in [0.15, 0.2) is 5.78 Å². The Bertz CT molecular complexity index is 672. The van der Waals surface area contributed by atoms with Gasteiger partial charge in [-0.25, -0.2) is 0 Å². The lowest BCUT2D eigenvalue weighted by atomic mass is 9.85. The van der Waals surface area contributed by atoms with Crippen molar-refractivity contribution >= 4 is 5.78 Å². The predicted molar refractivity (Wildman–Crippen MR) is 89.4 cm³/mol. The van der Waals surface area contributed by atoms with Crippen LogP contribution in [0.2, 0.25) is 0 Å². The Balaban J connectivity index is 0.000000138. The molecule has 2 saturated heterocycles. The van der Waals surface area contributed by atoms with E-state index in [-0.39, 0.29) is 5.78 Å². The lowest BCUT2D eigenvalue weighted by molar-refractivity contribution is 0.102. The van der Waals surface area contributed by atoms with Gasteiger partial charge in [-0.1, -0.05) is 48.5 Å². The number of benzene rings is 2. The second kappa shape index (κ2) is 6.85. The molecule has 2 unspecified atom stereocenters. The monoisotopic (exact) mass is 324 g/mol. The molecule has 4 nitrogen and oxygen atoms in total. The summed E-state index contributed by atoms with van der Waals surface area (Å²) in [7, 11) is 0. The molecule has 0 bridgehead atoms. The molecule has 2 aromatic carbocycles. The van der Waals surface area contributed by atoms with Crippen molar-refractivity contribution in [2.24, 2.45) is 0 Å². The van der Waals surface area contributed by atoms with Crippen molar-refractivity contribution in [1.82, 2.24) is 0 Å². The Morgan fingerprint density at radius 3 is 1.75 bits per heavy atom. The molecular formula is C20H20O4. The van der Waals surface area contributed by atoms with Gasteiger partial charge in [0.25, 0.3) is 0 Å². The van der Waals surface area contributed by atoms with E-state index in [0.717, 1.165) is 55.1 Å². The number of hydrogen-bond donors (Lipinski definition) is 0. The largest absolute Gasteiger partial charge is 0.376 e. The van der Waals surface area contributed by atoms with Crippen molar-refractivity contribution in [3.63, 3.8) is 0 Å². The molecule has 2 fully saturated rings. The minimum absolute atomic E-state index is 0.160. The first-order valence-corrected chi connectivity index (χ1v) is 8.33. The summed E-state index contributed by atoms with van der Waals surface area (Å²) in [5, 5.41) is 0. The highest BCUT2D eigenvalue weighted by Crippen LogP contribution is 2.26. The summed E-state index contributed by atoms with van der Waals surface area (Å²) >= 11 is 0. The quantitative estimate of drug-likeness (QED) is 0.692. The van der Waals surface area contributed by atoms with Crippen LogP contribution in [0.15, 0.2) is 48.5 Å². The van der Waals surface area contributed by atoms with Gasteiger partial charge in [0, 0.05) is 11.1 Å². The summed E-state index contributed by atoms with van der Waals surface area (Å²) in [6.45, 7) is 3.26. The van der Waals surface area contributed by atoms with E-state index in [2.05, 4.69) is 0 Å². The van der Waals surface area contributed by atoms with E-state index < -0.39 is 0 Å². The maximum Gasteiger partial charge on any atom is 0.193 e. The Hall–Kier alpha value is -2.01. The molecule has 2 aliphatic heterocycles. The second-order valence-corrected chi connectivity index (χ2v) is 6.27. The SMILES string of the molecule is C(OCC1CO1)C1CO1.O=C1c2ccccc2Cc2ccccc21. The number of ether oxygens (including phenoxy) is 3. The zero-order valence-corrected chi connectivity index (χ0v) is 13.4. The summed E-state index contributed by atoms with van der Waals surface area (Å²) in [5.41, 5.74) is 4.00. The minimum atomic E-state index is 0.160.